The van der Waals surface area contributed by atoms with Crippen LogP contribution in [0.1, 0.15) is 11.3 Å². The number of hydrogen-bond acceptors (Lipinski definition) is 4. The molecule has 9 heteroatoms. The summed E-state index contributed by atoms with van der Waals surface area (Å²) in [6.07, 6.45) is 3.23. The minimum absolute atomic E-state index is 0.186. The lowest BCUT2D eigenvalue weighted by Gasteiger charge is -2.11. The predicted octanol–water partition coefficient (Wildman–Crippen LogP) is 4.71. The van der Waals surface area contributed by atoms with Gasteiger partial charge in [-0.05, 0) is 48.0 Å². The molecule has 0 bridgehead atoms. The van der Waals surface area contributed by atoms with Gasteiger partial charge in [0.1, 0.15) is 0 Å². The summed E-state index contributed by atoms with van der Waals surface area (Å²) in [6, 6.07) is 8.51. The molecule has 0 aliphatic rings. The molecule has 0 saturated heterocycles. The van der Waals surface area contributed by atoms with E-state index in [1.54, 1.807) is 48.3 Å². The van der Waals surface area contributed by atoms with E-state index in [-0.39, 0.29) is 4.90 Å². The van der Waals surface area contributed by atoms with E-state index in [4.69, 9.17) is 11.6 Å². The molecule has 1 aromatic carbocycles. The Balaban J connectivity index is 2.11. The largest absolute Gasteiger partial charge is 0.275 e. The molecule has 0 fully saturated rings. The first-order valence-electron chi connectivity index (χ1n) is 8.38. The zero-order valence-electron chi connectivity index (χ0n) is 15.3. The summed E-state index contributed by atoms with van der Waals surface area (Å²) >= 11 is 9.65. The van der Waals surface area contributed by atoms with Gasteiger partial charge in [0.05, 0.1) is 21.3 Å². The molecule has 28 heavy (non-hydrogen) atoms. The van der Waals surface area contributed by atoms with Crippen LogP contribution < -0.4 is 0 Å². The van der Waals surface area contributed by atoms with Gasteiger partial charge in [-0.2, -0.15) is 5.10 Å². The Morgan fingerprint density at radius 2 is 1.82 bits per heavy atom. The zero-order chi connectivity index (χ0) is 20.2. The maximum absolute atomic E-state index is 13.6. The minimum atomic E-state index is -3.90. The van der Waals surface area contributed by atoms with Crippen LogP contribution in [0.3, 0.4) is 0 Å². The summed E-state index contributed by atoms with van der Waals surface area (Å²) < 4.78 is 30.7. The molecule has 0 amide bonds. The van der Waals surface area contributed by atoms with Crippen LogP contribution in [0, 0.1) is 13.8 Å². The molecular formula is C19H16BrClN4O2S. The van der Waals surface area contributed by atoms with Crippen molar-refractivity contribution in [2.75, 3.05) is 0 Å². The van der Waals surface area contributed by atoms with Crippen LogP contribution in [0.25, 0.3) is 22.3 Å². The van der Waals surface area contributed by atoms with Gasteiger partial charge in [0.25, 0.3) is 10.0 Å². The molecule has 3 aromatic heterocycles. The highest BCUT2D eigenvalue weighted by Gasteiger charge is 2.27. The maximum Gasteiger partial charge on any atom is 0.269 e. The van der Waals surface area contributed by atoms with Gasteiger partial charge in [-0.1, -0.05) is 29.3 Å². The van der Waals surface area contributed by atoms with Crippen molar-refractivity contribution >= 4 is 48.6 Å². The Morgan fingerprint density at radius 1 is 1.14 bits per heavy atom. The number of hydrogen-bond donors (Lipinski definition) is 0. The molecule has 0 aliphatic carbocycles. The van der Waals surface area contributed by atoms with Crippen molar-refractivity contribution in [1.29, 1.82) is 0 Å². The van der Waals surface area contributed by atoms with Gasteiger partial charge < -0.3 is 0 Å². The van der Waals surface area contributed by atoms with Crippen LogP contribution in [-0.4, -0.2) is 27.2 Å². The first-order chi connectivity index (χ1) is 13.2. The molecule has 0 spiro atoms. The molecule has 0 unspecified atom stereocenters. The number of aromatic nitrogens is 4. The highest BCUT2D eigenvalue weighted by Crippen LogP contribution is 2.38. The second-order valence-electron chi connectivity index (χ2n) is 6.57. The van der Waals surface area contributed by atoms with Gasteiger partial charge in [0.15, 0.2) is 5.65 Å². The quantitative estimate of drug-likeness (QED) is 0.427. The van der Waals surface area contributed by atoms with Gasteiger partial charge in [0, 0.05) is 34.9 Å². The maximum atomic E-state index is 13.6. The van der Waals surface area contributed by atoms with Crippen LogP contribution in [-0.2, 0) is 17.1 Å². The van der Waals surface area contributed by atoms with Crippen LogP contribution in [0.15, 0.2) is 52.1 Å². The van der Waals surface area contributed by atoms with Crippen LogP contribution in [0.2, 0.25) is 5.02 Å². The minimum Gasteiger partial charge on any atom is -0.275 e. The highest BCUT2D eigenvalue weighted by molar-refractivity contribution is 9.10. The van der Waals surface area contributed by atoms with E-state index in [0.717, 1.165) is 5.56 Å². The molecule has 3 heterocycles. The van der Waals surface area contributed by atoms with Gasteiger partial charge in [-0.15, -0.1) is 0 Å². The number of aryl methyl sites for hydroxylation is 3. The molecule has 0 N–H and O–H groups in total. The summed E-state index contributed by atoms with van der Waals surface area (Å²) in [5.41, 5.74) is 3.19. The van der Waals surface area contributed by atoms with Crippen LogP contribution >= 0.6 is 27.5 Å². The van der Waals surface area contributed by atoms with Crippen molar-refractivity contribution in [2.24, 2.45) is 7.05 Å². The number of pyridine rings is 1. The molecule has 6 nitrogen and oxygen atoms in total. The van der Waals surface area contributed by atoms with E-state index in [1.165, 1.54) is 10.2 Å². The molecule has 144 valence electrons. The van der Waals surface area contributed by atoms with E-state index in [2.05, 4.69) is 26.0 Å². The Labute approximate surface area is 175 Å². The average molecular weight is 480 g/mol. The third-order valence-corrected chi connectivity index (χ3v) is 7.62. The van der Waals surface area contributed by atoms with Crippen molar-refractivity contribution in [3.05, 3.63) is 63.5 Å². The van der Waals surface area contributed by atoms with Crippen molar-refractivity contribution in [3.63, 3.8) is 0 Å². The van der Waals surface area contributed by atoms with Crippen LogP contribution in [0.5, 0.6) is 0 Å². The zero-order valence-corrected chi connectivity index (χ0v) is 18.5. The second kappa shape index (κ2) is 6.72. The van der Waals surface area contributed by atoms with Gasteiger partial charge in [0.2, 0.25) is 0 Å². The lowest BCUT2D eigenvalue weighted by molar-refractivity contribution is 0.589. The standard InChI is InChI=1S/C19H16BrClN4O2S/c1-11-4-6-13(7-5-11)28(26,27)25-17(15-10-24(3)23-12(15)2)8-14-18(20)16(21)9-22-19(14)25/h4-10H,1-3H3. The Morgan fingerprint density at radius 3 is 2.43 bits per heavy atom. The first kappa shape index (κ1) is 19.2. The predicted molar refractivity (Wildman–Crippen MR) is 113 cm³/mol. The molecule has 0 radical (unpaired) electrons. The number of rotatable bonds is 3. The second-order valence-corrected chi connectivity index (χ2v) is 9.56. The van der Waals surface area contributed by atoms with Crippen molar-refractivity contribution in [3.8, 4) is 11.3 Å². The monoisotopic (exact) mass is 478 g/mol. The van der Waals surface area contributed by atoms with E-state index < -0.39 is 10.0 Å². The fourth-order valence-corrected chi connectivity index (χ4v) is 5.19. The summed E-state index contributed by atoms with van der Waals surface area (Å²) in [4.78, 5) is 4.51. The van der Waals surface area contributed by atoms with E-state index >= 15 is 0 Å². The third-order valence-electron chi connectivity index (χ3n) is 4.53. The number of halogens is 2. The first-order valence-corrected chi connectivity index (χ1v) is 11.0. The molecule has 0 atom stereocenters. The summed E-state index contributed by atoms with van der Waals surface area (Å²) in [6.45, 7) is 3.75. The SMILES string of the molecule is Cc1ccc(S(=O)(=O)n2c(-c3cn(C)nc3C)cc3c(Br)c(Cl)cnc32)cc1. The average Bonchev–Trinajstić information content (AvgIpc) is 3.18. The molecule has 0 saturated carbocycles. The summed E-state index contributed by atoms with van der Waals surface area (Å²) in [7, 11) is -2.11. The Bertz CT molecular complexity index is 1320. The highest BCUT2D eigenvalue weighted by atomic mass is 79.9. The fourth-order valence-electron chi connectivity index (χ4n) is 3.17. The van der Waals surface area contributed by atoms with Gasteiger partial charge in [-0.3, -0.25) is 4.68 Å². The summed E-state index contributed by atoms with van der Waals surface area (Å²) in [5, 5.41) is 5.38. The number of nitrogens with zero attached hydrogens (tertiary/aromatic N) is 4. The molecule has 4 rings (SSSR count). The van der Waals surface area contributed by atoms with E-state index in [0.29, 0.717) is 37.5 Å². The van der Waals surface area contributed by atoms with Gasteiger partial charge in [-0.25, -0.2) is 17.4 Å². The van der Waals surface area contributed by atoms with E-state index in [1.807, 2.05) is 13.8 Å². The lowest BCUT2D eigenvalue weighted by atomic mass is 10.2. The normalized spacial score (nSPS) is 12.0. The number of benzene rings is 1. The Kier molecular flexibility index (Phi) is 4.60. The third kappa shape index (κ3) is 2.96. The topological polar surface area (TPSA) is 69.8 Å². The Hall–Kier alpha value is -2.16. The number of fused-ring (bicyclic) bond motifs is 1. The fraction of sp³-hybridized carbons (Fsp3) is 0.158. The molecule has 4 aromatic rings. The van der Waals surface area contributed by atoms with Crippen molar-refractivity contribution < 1.29 is 8.42 Å². The molecule has 0 aliphatic heterocycles. The lowest BCUT2D eigenvalue weighted by Crippen LogP contribution is -2.15. The smallest absolute Gasteiger partial charge is 0.269 e. The van der Waals surface area contributed by atoms with E-state index in [9.17, 15) is 8.42 Å². The van der Waals surface area contributed by atoms with Crippen LogP contribution in [0.4, 0.5) is 0 Å². The van der Waals surface area contributed by atoms with Crippen molar-refractivity contribution in [2.45, 2.75) is 18.7 Å². The van der Waals surface area contributed by atoms with Gasteiger partial charge >= 0.3 is 0 Å². The van der Waals surface area contributed by atoms with Crippen molar-refractivity contribution in [1.82, 2.24) is 18.7 Å². The summed E-state index contributed by atoms with van der Waals surface area (Å²) in [5.74, 6) is 0. The molecular weight excluding hydrogens is 464 g/mol.